The van der Waals surface area contributed by atoms with Gasteiger partial charge in [-0.25, -0.2) is 8.42 Å². The van der Waals surface area contributed by atoms with Gasteiger partial charge in [0, 0.05) is 26.1 Å². The number of amides is 1. The second kappa shape index (κ2) is 4.09. The van der Waals surface area contributed by atoms with E-state index >= 15 is 0 Å². The van der Waals surface area contributed by atoms with Crippen LogP contribution in [-0.2, 0) is 14.8 Å². The summed E-state index contributed by atoms with van der Waals surface area (Å²) in [6.45, 7) is 0.0549. The van der Waals surface area contributed by atoms with Gasteiger partial charge in [0.05, 0.1) is 0 Å². The van der Waals surface area contributed by atoms with E-state index in [2.05, 4.69) is 5.32 Å². The highest BCUT2D eigenvalue weighted by atomic mass is 32.2. The lowest BCUT2D eigenvalue weighted by Gasteiger charge is -2.37. The number of piperidine rings is 1. The quantitative estimate of drug-likeness (QED) is 0.760. The second-order valence-electron chi connectivity index (χ2n) is 4.80. The summed E-state index contributed by atoms with van der Waals surface area (Å²) in [7, 11) is -5.23. The van der Waals surface area contributed by atoms with Crippen molar-refractivity contribution in [3.63, 3.8) is 0 Å². The Morgan fingerprint density at radius 3 is 2.17 bits per heavy atom. The molecule has 0 radical (unpaired) electrons. The highest BCUT2D eigenvalue weighted by Gasteiger charge is 2.52. The highest BCUT2D eigenvalue weighted by molar-refractivity contribution is 7.90. The SMILES string of the molecule is O=C1CC2(CCN(S(=O)(=O)C(F)(F)F)CC2)CN1. The molecule has 0 saturated carbocycles. The minimum atomic E-state index is -5.25. The number of alkyl halides is 3. The van der Waals surface area contributed by atoms with E-state index in [0.717, 1.165) is 0 Å². The molecule has 2 aliphatic heterocycles. The van der Waals surface area contributed by atoms with Crippen LogP contribution in [0.15, 0.2) is 0 Å². The monoisotopic (exact) mass is 286 g/mol. The van der Waals surface area contributed by atoms with Gasteiger partial charge in [-0.05, 0) is 18.3 Å². The number of carbonyl (C=O) groups is 1. The molecule has 5 nitrogen and oxygen atoms in total. The number of carbonyl (C=O) groups excluding carboxylic acids is 1. The lowest BCUT2D eigenvalue weighted by molar-refractivity contribution is -0.119. The van der Waals surface area contributed by atoms with Gasteiger partial charge in [0.15, 0.2) is 0 Å². The molecular formula is C9H13F3N2O3S. The van der Waals surface area contributed by atoms with Gasteiger partial charge in [0.2, 0.25) is 5.91 Å². The summed E-state index contributed by atoms with van der Waals surface area (Å²) in [5.74, 6) is -0.123. The lowest BCUT2D eigenvalue weighted by atomic mass is 9.78. The summed E-state index contributed by atoms with van der Waals surface area (Å²) in [6, 6.07) is 0. The fourth-order valence-corrected chi connectivity index (χ4v) is 3.41. The number of halogens is 3. The molecule has 0 aromatic rings. The third-order valence-corrected chi connectivity index (χ3v) is 5.24. The zero-order valence-electron chi connectivity index (χ0n) is 9.46. The van der Waals surface area contributed by atoms with Gasteiger partial charge in [0.1, 0.15) is 0 Å². The van der Waals surface area contributed by atoms with Crippen molar-refractivity contribution in [2.75, 3.05) is 19.6 Å². The molecule has 2 aliphatic rings. The molecule has 2 heterocycles. The summed E-state index contributed by atoms with van der Waals surface area (Å²) in [5.41, 5.74) is -5.62. The zero-order valence-corrected chi connectivity index (χ0v) is 10.3. The predicted molar refractivity (Wildman–Crippen MR) is 55.8 cm³/mol. The fourth-order valence-electron chi connectivity index (χ4n) is 2.45. The topological polar surface area (TPSA) is 66.5 Å². The number of rotatable bonds is 1. The summed E-state index contributed by atoms with van der Waals surface area (Å²) in [6.07, 6.45) is 0.828. The molecule has 1 spiro atoms. The van der Waals surface area contributed by atoms with E-state index in [4.69, 9.17) is 0 Å². The molecule has 0 aliphatic carbocycles. The standard InChI is InChI=1S/C9H13F3N2O3S/c10-9(11,12)18(16,17)14-3-1-8(2-4-14)5-7(15)13-6-8/h1-6H2,(H,13,15). The average molecular weight is 286 g/mol. The summed E-state index contributed by atoms with van der Waals surface area (Å²) in [4.78, 5) is 11.1. The van der Waals surface area contributed by atoms with Crippen LogP contribution in [0.25, 0.3) is 0 Å². The van der Waals surface area contributed by atoms with Crippen molar-refractivity contribution in [1.82, 2.24) is 9.62 Å². The normalized spacial score (nSPS) is 25.4. The minimum Gasteiger partial charge on any atom is -0.356 e. The molecule has 2 fully saturated rings. The smallest absolute Gasteiger partial charge is 0.356 e. The number of sulfonamides is 1. The summed E-state index contributed by atoms with van der Waals surface area (Å²) >= 11 is 0. The van der Waals surface area contributed by atoms with Crippen LogP contribution in [0.2, 0.25) is 0 Å². The number of nitrogens with one attached hydrogen (secondary N) is 1. The van der Waals surface area contributed by atoms with Crippen molar-refractivity contribution >= 4 is 15.9 Å². The Kier molecular flexibility index (Phi) is 3.09. The van der Waals surface area contributed by atoms with Crippen LogP contribution in [0.1, 0.15) is 19.3 Å². The van der Waals surface area contributed by atoms with E-state index < -0.39 is 15.5 Å². The number of nitrogens with zero attached hydrogens (tertiary/aromatic N) is 1. The summed E-state index contributed by atoms with van der Waals surface area (Å²) < 4.78 is 59.9. The highest BCUT2D eigenvalue weighted by Crippen LogP contribution is 2.39. The van der Waals surface area contributed by atoms with Crippen LogP contribution in [0.3, 0.4) is 0 Å². The van der Waals surface area contributed by atoms with Crippen molar-refractivity contribution in [2.45, 2.75) is 24.8 Å². The number of hydrogen-bond donors (Lipinski definition) is 1. The van der Waals surface area contributed by atoms with Crippen molar-refractivity contribution in [3.8, 4) is 0 Å². The van der Waals surface area contributed by atoms with Crippen LogP contribution >= 0.6 is 0 Å². The third kappa shape index (κ3) is 2.20. The molecule has 2 rings (SSSR count). The van der Waals surface area contributed by atoms with Crippen LogP contribution < -0.4 is 5.32 Å². The first kappa shape index (κ1) is 13.6. The molecule has 0 atom stereocenters. The Morgan fingerprint density at radius 1 is 1.22 bits per heavy atom. The molecule has 1 amide bonds. The Labute approximate surface area is 102 Å². The Hall–Kier alpha value is -0.830. The molecule has 18 heavy (non-hydrogen) atoms. The maximum Gasteiger partial charge on any atom is 0.511 e. The Bertz CT molecular complexity index is 452. The fraction of sp³-hybridized carbons (Fsp3) is 0.889. The third-order valence-electron chi connectivity index (χ3n) is 3.61. The Morgan fingerprint density at radius 2 is 1.78 bits per heavy atom. The first-order valence-corrected chi connectivity index (χ1v) is 6.93. The van der Waals surface area contributed by atoms with Gasteiger partial charge in [-0.1, -0.05) is 0 Å². The van der Waals surface area contributed by atoms with Gasteiger partial charge >= 0.3 is 15.5 Å². The van der Waals surface area contributed by atoms with Crippen LogP contribution in [0.4, 0.5) is 13.2 Å². The molecule has 1 N–H and O–H groups in total. The van der Waals surface area contributed by atoms with Crippen LogP contribution in [-0.4, -0.2) is 43.8 Å². The molecule has 9 heteroatoms. The number of hydrogen-bond acceptors (Lipinski definition) is 3. The van der Waals surface area contributed by atoms with Gasteiger partial charge in [-0.15, -0.1) is 0 Å². The van der Waals surface area contributed by atoms with Gasteiger partial charge < -0.3 is 5.32 Å². The second-order valence-corrected chi connectivity index (χ2v) is 6.73. The van der Waals surface area contributed by atoms with E-state index in [1.165, 1.54) is 0 Å². The molecule has 0 aromatic carbocycles. The maximum atomic E-state index is 12.4. The molecule has 0 aromatic heterocycles. The van der Waals surface area contributed by atoms with E-state index in [1.807, 2.05) is 0 Å². The van der Waals surface area contributed by atoms with Crippen LogP contribution in [0, 0.1) is 5.41 Å². The van der Waals surface area contributed by atoms with E-state index in [9.17, 15) is 26.4 Å². The minimum absolute atomic E-state index is 0.123. The molecular weight excluding hydrogens is 273 g/mol. The first-order chi connectivity index (χ1) is 8.16. The Balaban J connectivity index is 2.06. The predicted octanol–water partition coefficient (Wildman–Crippen LogP) is 0.438. The lowest BCUT2D eigenvalue weighted by Crippen LogP contribution is -2.48. The summed E-state index contributed by atoms with van der Waals surface area (Å²) in [5, 5.41) is 2.63. The van der Waals surface area contributed by atoms with Crippen molar-refractivity contribution in [1.29, 1.82) is 0 Å². The van der Waals surface area contributed by atoms with Gasteiger partial charge in [-0.2, -0.15) is 17.5 Å². The zero-order chi connectivity index (χ0) is 13.6. The molecule has 2 saturated heterocycles. The molecule has 0 bridgehead atoms. The van der Waals surface area contributed by atoms with E-state index in [-0.39, 0.29) is 43.7 Å². The molecule has 0 unspecified atom stereocenters. The van der Waals surface area contributed by atoms with E-state index in [0.29, 0.717) is 10.8 Å². The van der Waals surface area contributed by atoms with Gasteiger partial charge in [-0.3, -0.25) is 4.79 Å². The van der Waals surface area contributed by atoms with Gasteiger partial charge in [0.25, 0.3) is 0 Å². The van der Waals surface area contributed by atoms with Crippen molar-refractivity contribution < 1.29 is 26.4 Å². The maximum absolute atomic E-state index is 12.4. The van der Waals surface area contributed by atoms with E-state index in [1.54, 1.807) is 0 Å². The molecule has 104 valence electrons. The first-order valence-electron chi connectivity index (χ1n) is 5.49. The average Bonchev–Trinajstić information content (AvgIpc) is 2.59. The van der Waals surface area contributed by atoms with Crippen molar-refractivity contribution in [2.24, 2.45) is 5.41 Å². The largest absolute Gasteiger partial charge is 0.511 e. The van der Waals surface area contributed by atoms with Crippen molar-refractivity contribution in [3.05, 3.63) is 0 Å². The van der Waals surface area contributed by atoms with Crippen LogP contribution in [0.5, 0.6) is 0 Å².